The Kier molecular flexibility index (Phi) is 18.5. The first-order valence-electron chi connectivity index (χ1n) is 8.61. The highest BCUT2D eigenvalue weighted by molar-refractivity contribution is 5.73. The zero-order chi connectivity index (χ0) is 17.2. The van der Waals surface area contributed by atoms with Gasteiger partial charge in [0.05, 0.1) is 5.92 Å². The minimum absolute atomic E-state index is 0.215. The first kappa shape index (κ1) is 23.0. The number of hydrogen-bond donors (Lipinski definition) is 2. The van der Waals surface area contributed by atoms with Crippen molar-refractivity contribution >= 4 is 11.9 Å². The molecule has 0 heterocycles. The molecule has 130 valence electrons. The fourth-order valence-electron chi connectivity index (χ4n) is 2.07. The molecule has 3 N–H and O–H groups in total. The molecule has 4 heteroatoms. The van der Waals surface area contributed by atoms with E-state index in [1.807, 2.05) is 0 Å². The normalized spacial score (nSPS) is 11.2. The molecular formula is C18H35NO3. The van der Waals surface area contributed by atoms with Gasteiger partial charge in [-0.1, -0.05) is 71.3 Å². The highest BCUT2D eigenvalue weighted by Gasteiger charge is 2.14. The van der Waals surface area contributed by atoms with Gasteiger partial charge in [0.1, 0.15) is 0 Å². The van der Waals surface area contributed by atoms with Gasteiger partial charge in [-0.3, -0.25) is 9.59 Å². The Hall–Kier alpha value is -1.32. The van der Waals surface area contributed by atoms with Crippen LogP contribution in [0.1, 0.15) is 84.5 Å². The molecule has 0 aliphatic heterocycles. The van der Waals surface area contributed by atoms with Gasteiger partial charge in [0, 0.05) is 6.42 Å². The zero-order valence-corrected chi connectivity index (χ0v) is 14.5. The maximum atomic E-state index is 10.9. The van der Waals surface area contributed by atoms with Gasteiger partial charge in [-0.25, -0.2) is 0 Å². The van der Waals surface area contributed by atoms with Crippen molar-refractivity contribution in [3.63, 3.8) is 0 Å². The second-order valence-corrected chi connectivity index (χ2v) is 5.64. The summed E-state index contributed by atoms with van der Waals surface area (Å²) in [7, 11) is 0. The average Bonchev–Trinajstić information content (AvgIpc) is 2.49. The monoisotopic (exact) mass is 313 g/mol. The maximum absolute atomic E-state index is 10.9. The van der Waals surface area contributed by atoms with Crippen LogP contribution >= 0.6 is 0 Å². The van der Waals surface area contributed by atoms with Crippen LogP contribution in [0.5, 0.6) is 0 Å². The van der Waals surface area contributed by atoms with Crippen molar-refractivity contribution in [3.8, 4) is 0 Å². The van der Waals surface area contributed by atoms with Gasteiger partial charge in [-0.15, -0.1) is 6.58 Å². The van der Waals surface area contributed by atoms with Crippen LogP contribution in [-0.4, -0.2) is 17.0 Å². The van der Waals surface area contributed by atoms with E-state index in [4.69, 9.17) is 5.11 Å². The lowest BCUT2D eigenvalue weighted by Gasteiger charge is -2.09. The second kappa shape index (κ2) is 17.7. The molecule has 1 unspecified atom stereocenters. The van der Waals surface area contributed by atoms with Crippen LogP contribution in [0.3, 0.4) is 0 Å². The molecule has 0 bridgehead atoms. The van der Waals surface area contributed by atoms with Crippen molar-refractivity contribution in [2.45, 2.75) is 84.5 Å². The van der Waals surface area contributed by atoms with Crippen molar-refractivity contribution in [1.29, 1.82) is 0 Å². The molecule has 1 amide bonds. The van der Waals surface area contributed by atoms with Crippen LogP contribution in [0.4, 0.5) is 0 Å². The van der Waals surface area contributed by atoms with Gasteiger partial charge in [0.25, 0.3) is 0 Å². The Balaban J connectivity index is 0. The Morgan fingerprint density at radius 1 is 1.05 bits per heavy atom. The highest BCUT2D eigenvalue weighted by atomic mass is 16.4. The predicted octanol–water partition coefficient (Wildman–Crippen LogP) is 4.68. The van der Waals surface area contributed by atoms with Crippen molar-refractivity contribution in [2.75, 3.05) is 0 Å². The molecule has 0 spiro atoms. The van der Waals surface area contributed by atoms with Gasteiger partial charge >= 0.3 is 5.97 Å². The predicted molar refractivity (Wildman–Crippen MR) is 92.7 cm³/mol. The van der Waals surface area contributed by atoms with E-state index >= 15 is 0 Å². The minimum Gasteiger partial charge on any atom is -0.481 e. The molecule has 0 fully saturated rings. The van der Waals surface area contributed by atoms with E-state index in [1.54, 1.807) is 13.0 Å². The number of carbonyl (C=O) groups excluding carboxylic acids is 1. The van der Waals surface area contributed by atoms with E-state index in [0.717, 1.165) is 12.8 Å². The van der Waals surface area contributed by atoms with Crippen LogP contribution in [0.25, 0.3) is 0 Å². The number of aliphatic carboxylic acids is 1. The number of rotatable bonds is 13. The van der Waals surface area contributed by atoms with Gasteiger partial charge in [-0.2, -0.15) is 0 Å². The number of allylic oxidation sites excluding steroid dienone is 1. The molecule has 4 nitrogen and oxygen atoms in total. The summed E-state index contributed by atoms with van der Waals surface area (Å²) in [6.07, 6.45) is 13.7. The fraction of sp³-hybridized carbons (Fsp3) is 0.778. The van der Waals surface area contributed by atoms with Gasteiger partial charge in [0.15, 0.2) is 0 Å². The van der Waals surface area contributed by atoms with E-state index in [0.29, 0.717) is 12.8 Å². The van der Waals surface area contributed by atoms with Gasteiger partial charge < -0.3 is 10.8 Å². The molecule has 22 heavy (non-hydrogen) atoms. The highest BCUT2D eigenvalue weighted by Crippen LogP contribution is 2.16. The van der Waals surface area contributed by atoms with E-state index in [-0.39, 0.29) is 11.8 Å². The molecule has 0 radical (unpaired) electrons. The van der Waals surface area contributed by atoms with Crippen LogP contribution in [0.2, 0.25) is 0 Å². The minimum atomic E-state index is -0.673. The summed E-state index contributed by atoms with van der Waals surface area (Å²) in [5, 5.41) is 8.96. The number of carboxylic acids is 1. The van der Waals surface area contributed by atoms with Crippen molar-refractivity contribution < 1.29 is 14.7 Å². The molecule has 0 aromatic heterocycles. The number of nitrogens with two attached hydrogens (primary N) is 1. The Labute approximate surface area is 136 Å². The quantitative estimate of drug-likeness (QED) is 0.383. The molecular weight excluding hydrogens is 278 g/mol. The summed E-state index contributed by atoms with van der Waals surface area (Å²) in [6.45, 7) is 7.56. The third-order valence-corrected chi connectivity index (χ3v) is 3.56. The molecule has 0 aromatic rings. The lowest BCUT2D eigenvalue weighted by Crippen LogP contribution is -2.12. The number of hydrogen-bond acceptors (Lipinski definition) is 2. The summed E-state index contributed by atoms with van der Waals surface area (Å²) < 4.78 is 0. The van der Waals surface area contributed by atoms with Crippen LogP contribution < -0.4 is 5.73 Å². The van der Waals surface area contributed by atoms with Crippen molar-refractivity contribution in [2.24, 2.45) is 11.7 Å². The molecule has 0 aliphatic carbocycles. The zero-order valence-electron chi connectivity index (χ0n) is 14.5. The Morgan fingerprint density at radius 2 is 1.50 bits per heavy atom. The summed E-state index contributed by atoms with van der Waals surface area (Å²) in [6, 6.07) is 0. The smallest absolute Gasteiger partial charge is 0.306 e. The summed E-state index contributed by atoms with van der Waals surface area (Å²) >= 11 is 0. The number of carboxylic acid groups (broad SMARTS) is 1. The second-order valence-electron chi connectivity index (χ2n) is 5.64. The van der Waals surface area contributed by atoms with E-state index in [2.05, 4.69) is 19.2 Å². The summed E-state index contributed by atoms with van der Waals surface area (Å²) in [5.74, 6) is -1.13. The lowest BCUT2D eigenvalue weighted by atomic mass is 9.97. The summed E-state index contributed by atoms with van der Waals surface area (Å²) in [4.78, 5) is 20.5. The van der Waals surface area contributed by atoms with E-state index < -0.39 is 5.97 Å². The average molecular weight is 313 g/mol. The lowest BCUT2D eigenvalue weighted by molar-refractivity contribution is -0.141. The number of unbranched alkanes of at least 4 members (excludes halogenated alkanes) is 7. The Bertz CT molecular complexity index is 290. The molecule has 0 aliphatic rings. The van der Waals surface area contributed by atoms with Crippen LogP contribution in [-0.2, 0) is 9.59 Å². The maximum Gasteiger partial charge on any atom is 0.306 e. The molecule has 0 aromatic carbocycles. The Morgan fingerprint density at radius 3 is 1.86 bits per heavy atom. The standard InChI is InChI=1S/C15H28O2.C3H7NO/c1-3-5-6-7-8-9-10-11-13-14(12-4-2)15(16)17;1-2-3(4)5/h4,14H,2-3,5-13H2,1H3,(H,16,17);2H2,1H3,(H2,4,5). The molecule has 0 rings (SSSR count). The number of carbonyl (C=O) groups is 2. The first-order chi connectivity index (χ1) is 10.5. The van der Waals surface area contributed by atoms with Crippen molar-refractivity contribution in [3.05, 3.63) is 12.7 Å². The number of amides is 1. The van der Waals surface area contributed by atoms with E-state index in [1.165, 1.54) is 44.9 Å². The van der Waals surface area contributed by atoms with Crippen LogP contribution in [0, 0.1) is 5.92 Å². The molecule has 0 saturated heterocycles. The molecule has 1 atom stereocenters. The van der Waals surface area contributed by atoms with Gasteiger partial charge in [-0.05, 0) is 12.8 Å². The third-order valence-electron chi connectivity index (χ3n) is 3.56. The molecule has 0 saturated carbocycles. The van der Waals surface area contributed by atoms with Crippen LogP contribution in [0.15, 0.2) is 12.7 Å². The summed E-state index contributed by atoms with van der Waals surface area (Å²) in [5.41, 5.74) is 4.65. The largest absolute Gasteiger partial charge is 0.481 e. The fourth-order valence-corrected chi connectivity index (χ4v) is 2.07. The number of primary amides is 1. The third kappa shape index (κ3) is 18.7. The first-order valence-corrected chi connectivity index (χ1v) is 8.61. The van der Waals surface area contributed by atoms with Crippen molar-refractivity contribution in [1.82, 2.24) is 0 Å². The topological polar surface area (TPSA) is 80.4 Å². The van der Waals surface area contributed by atoms with E-state index in [9.17, 15) is 9.59 Å². The SMILES string of the molecule is C=CCC(CCCCCCCCCC)C(=O)O.CCC(N)=O. The van der Waals surface area contributed by atoms with Gasteiger partial charge in [0.2, 0.25) is 5.91 Å².